The van der Waals surface area contributed by atoms with Crippen LogP contribution in [0.2, 0.25) is 0 Å². The smallest absolute Gasteiger partial charge is 0.0143 e. The van der Waals surface area contributed by atoms with Crippen molar-refractivity contribution in [1.82, 2.24) is 0 Å². The third kappa shape index (κ3) is 2.79. The van der Waals surface area contributed by atoms with E-state index in [9.17, 15) is 0 Å². The van der Waals surface area contributed by atoms with Crippen LogP contribution in [0.5, 0.6) is 0 Å². The Morgan fingerprint density at radius 1 is 1.10 bits per heavy atom. The molecule has 0 aromatic carbocycles. The minimum absolute atomic E-state index is 0.594. The molecule has 116 valence electrons. The fourth-order valence-electron chi connectivity index (χ4n) is 5.08. The van der Waals surface area contributed by atoms with Gasteiger partial charge in [0.25, 0.3) is 0 Å². The first-order chi connectivity index (χ1) is 10.0. The van der Waals surface area contributed by atoms with E-state index in [1.807, 2.05) is 0 Å². The lowest BCUT2D eigenvalue weighted by Gasteiger charge is -2.41. The van der Waals surface area contributed by atoms with Gasteiger partial charge in [0.15, 0.2) is 0 Å². The maximum Gasteiger partial charge on any atom is -0.0143 e. The molecule has 3 saturated carbocycles. The van der Waals surface area contributed by atoms with Crippen molar-refractivity contribution < 1.29 is 0 Å². The van der Waals surface area contributed by atoms with Crippen LogP contribution in [0.25, 0.3) is 0 Å². The van der Waals surface area contributed by atoms with Gasteiger partial charge in [-0.15, -0.1) is 0 Å². The average Bonchev–Trinajstić information content (AvgIpc) is 2.76. The van der Waals surface area contributed by atoms with Crippen LogP contribution in [0.3, 0.4) is 0 Å². The second-order valence-corrected chi connectivity index (χ2v) is 8.22. The van der Waals surface area contributed by atoms with Gasteiger partial charge in [0.05, 0.1) is 0 Å². The van der Waals surface area contributed by atoms with Crippen molar-refractivity contribution >= 4 is 0 Å². The highest BCUT2D eigenvalue weighted by Gasteiger charge is 2.46. The monoisotopic (exact) mass is 284 g/mol. The Hall–Kier alpha value is -0.780. The van der Waals surface area contributed by atoms with Gasteiger partial charge in [-0.2, -0.15) is 0 Å². The summed E-state index contributed by atoms with van der Waals surface area (Å²) in [6.45, 7) is 11.6. The highest BCUT2D eigenvalue weighted by atomic mass is 14.5. The second-order valence-electron chi connectivity index (χ2n) is 8.22. The van der Waals surface area contributed by atoms with Crippen molar-refractivity contribution in [1.29, 1.82) is 0 Å². The molecule has 3 aliphatic rings. The molecule has 4 atom stereocenters. The van der Waals surface area contributed by atoms with E-state index in [-0.39, 0.29) is 0 Å². The largest absolute Gasteiger partial charge is 0.0996 e. The fraction of sp³-hybridized carbons (Fsp3) is 0.714. The molecule has 0 N–H and O–H groups in total. The predicted octanol–water partition coefficient (Wildman–Crippen LogP) is 6.45. The number of fused-ring (bicyclic) bond motifs is 1. The number of rotatable bonds is 1. The summed E-state index contributed by atoms with van der Waals surface area (Å²) in [6, 6.07) is 0. The van der Waals surface area contributed by atoms with Gasteiger partial charge in [0.1, 0.15) is 0 Å². The molecule has 3 fully saturated rings. The lowest BCUT2D eigenvalue weighted by Crippen LogP contribution is -2.31. The summed E-state index contributed by atoms with van der Waals surface area (Å²) >= 11 is 0. The van der Waals surface area contributed by atoms with Crippen LogP contribution >= 0.6 is 0 Å². The standard InChI is InChI=1S/C21H32/c1-15-7-9-18(14-16(15)2)10-11-19-6-5-13-21(4)17(3)8-12-20(19)21/h10-11,16-17,20H,1,5-9,12-14H2,2-4H3. The molecule has 0 spiro atoms. The van der Waals surface area contributed by atoms with Crippen molar-refractivity contribution in [3.05, 3.63) is 35.5 Å². The van der Waals surface area contributed by atoms with Gasteiger partial charge in [-0.3, -0.25) is 0 Å². The van der Waals surface area contributed by atoms with E-state index in [0.29, 0.717) is 11.3 Å². The Kier molecular flexibility index (Phi) is 4.17. The molecule has 0 aliphatic heterocycles. The van der Waals surface area contributed by atoms with Crippen LogP contribution in [-0.4, -0.2) is 0 Å². The van der Waals surface area contributed by atoms with Crippen molar-refractivity contribution in [2.24, 2.45) is 23.2 Å². The molecule has 21 heavy (non-hydrogen) atoms. The lowest BCUT2D eigenvalue weighted by molar-refractivity contribution is 0.147. The van der Waals surface area contributed by atoms with E-state index in [4.69, 9.17) is 0 Å². The van der Waals surface area contributed by atoms with Gasteiger partial charge in [-0.05, 0) is 74.5 Å². The van der Waals surface area contributed by atoms with Crippen molar-refractivity contribution in [2.75, 3.05) is 0 Å². The molecule has 0 bridgehead atoms. The minimum Gasteiger partial charge on any atom is -0.0996 e. The van der Waals surface area contributed by atoms with Gasteiger partial charge in [0, 0.05) is 0 Å². The number of hydrogen-bond acceptors (Lipinski definition) is 0. The fourth-order valence-corrected chi connectivity index (χ4v) is 5.08. The minimum atomic E-state index is 0.594. The molecule has 3 aliphatic carbocycles. The Labute approximate surface area is 131 Å². The van der Waals surface area contributed by atoms with E-state index in [0.717, 1.165) is 11.8 Å². The second kappa shape index (κ2) is 5.78. The molecule has 0 heterocycles. The van der Waals surface area contributed by atoms with E-state index in [2.05, 4.69) is 39.5 Å². The number of hydrogen-bond donors (Lipinski definition) is 0. The summed E-state index contributed by atoms with van der Waals surface area (Å²) in [5.74, 6) is 2.47. The zero-order valence-electron chi connectivity index (χ0n) is 14.3. The molecule has 3 rings (SSSR count). The third-order valence-electron chi connectivity index (χ3n) is 7.00. The van der Waals surface area contributed by atoms with Crippen LogP contribution in [0.4, 0.5) is 0 Å². The summed E-state index contributed by atoms with van der Waals surface area (Å²) in [5, 5.41) is 0. The predicted molar refractivity (Wildman–Crippen MR) is 92.2 cm³/mol. The Morgan fingerprint density at radius 3 is 2.67 bits per heavy atom. The first-order valence-corrected chi connectivity index (χ1v) is 9.07. The van der Waals surface area contributed by atoms with Crippen LogP contribution in [0, 0.1) is 23.2 Å². The first-order valence-electron chi connectivity index (χ1n) is 9.07. The van der Waals surface area contributed by atoms with Gasteiger partial charge in [-0.25, -0.2) is 0 Å². The van der Waals surface area contributed by atoms with Gasteiger partial charge in [0.2, 0.25) is 0 Å². The van der Waals surface area contributed by atoms with Crippen molar-refractivity contribution in [3.63, 3.8) is 0 Å². The summed E-state index contributed by atoms with van der Waals surface area (Å²) in [7, 11) is 0. The normalized spacial score (nSPS) is 44.3. The van der Waals surface area contributed by atoms with Gasteiger partial charge < -0.3 is 0 Å². The highest BCUT2D eigenvalue weighted by Crippen LogP contribution is 2.57. The van der Waals surface area contributed by atoms with Gasteiger partial charge >= 0.3 is 0 Å². The quantitative estimate of drug-likeness (QED) is 0.485. The van der Waals surface area contributed by atoms with Crippen molar-refractivity contribution in [2.45, 2.75) is 72.1 Å². The van der Waals surface area contributed by atoms with E-state index < -0.39 is 0 Å². The summed E-state index contributed by atoms with van der Waals surface area (Å²) < 4.78 is 0. The highest BCUT2D eigenvalue weighted by molar-refractivity contribution is 5.27. The molecular formula is C21H32. The zero-order valence-corrected chi connectivity index (χ0v) is 14.3. The van der Waals surface area contributed by atoms with Crippen LogP contribution < -0.4 is 0 Å². The molecule has 0 radical (unpaired) electrons. The van der Waals surface area contributed by atoms with E-state index >= 15 is 0 Å². The van der Waals surface area contributed by atoms with Gasteiger partial charge in [-0.1, -0.05) is 56.2 Å². The first kappa shape index (κ1) is 15.1. The maximum atomic E-state index is 4.20. The molecular weight excluding hydrogens is 252 g/mol. The van der Waals surface area contributed by atoms with E-state index in [1.165, 1.54) is 56.9 Å². The van der Waals surface area contributed by atoms with E-state index in [1.54, 1.807) is 11.1 Å². The number of allylic oxidation sites excluding steroid dienone is 5. The summed E-state index contributed by atoms with van der Waals surface area (Å²) in [4.78, 5) is 0. The molecule has 4 unspecified atom stereocenters. The molecule has 0 saturated heterocycles. The third-order valence-corrected chi connectivity index (χ3v) is 7.00. The maximum absolute atomic E-state index is 4.20. The van der Waals surface area contributed by atoms with Crippen LogP contribution in [0.15, 0.2) is 35.5 Å². The molecule has 0 aromatic rings. The van der Waals surface area contributed by atoms with Crippen LogP contribution in [-0.2, 0) is 0 Å². The average molecular weight is 284 g/mol. The Balaban J connectivity index is 1.76. The molecule has 0 aromatic heterocycles. The summed E-state index contributed by atoms with van der Waals surface area (Å²) in [5.41, 5.74) is 5.46. The Bertz CT molecular complexity index is 478. The van der Waals surface area contributed by atoms with Crippen molar-refractivity contribution in [3.8, 4) is 0 Å². The lowest BCUT2D eigenvalue weighted by atomic mass is 9.64. The topological polar surface area (TPSA) is 0 Å². The summed E-state index contributed by atoms with van der Waals surface area (Å²) in [6.07, 6.45) is 15.7. The SMILES string of the molecule is C=C1CCC(=CC=C2CCCC3(C)C(C)CCC23)CC1C. The molecule has 0 heteroatoms. The Morgan fingerprint density at radius 2 is 1.90 bits per heavy atom. The zero-order chi connectivity index (χ0) is 15.0. The van der Waals surface area contributed by atoms with Crippen LogP contribution in [0.1, 0.15) is 72.1 Å². The molecule has 0 nitrogen and oxygen atoms in total. The molecule has 0 amide bonds.